The van der Waals surface area contributed by atoms with E-state index in [1.54, 1.807) is 67.6 Å². The number of hydrogen-bond donors (Lipinski definition) is 1. The lowest BCUT2D eigenvalue weighted by Crippen LogP contribution is -2.52. The Morgan fingerprint density at radius 1 is 0.975 bits per heavy atom. The number of carbonyl (C=O) groups excluding carboxylic acids is 2. The van der Waals surface area contributed by atoms with Crippen molar-refractivity contribution in [1.82, 2.24) is 10.2 Å². The first-order chi connectivity index (χ1) is 19.1. The minimum absolute atomic E-state index is 0.0362. The summed E-state index contributed by atoms with van der Waals surface area (Å²) in [4.78, 5) is 28.7. The van der Waals surface area contributed by atoms with Crippen LogP contribution in [0.3, 0.4) is 0 Å². The molecule has 0 radical (unpaired) electrons. The highest BCUT2D eigenvalue weighted by Crippen LogP contribution is 2.27. The number of rotatable bonds is 10. The van der Waals surface area contributed by atoms with E-state index in [0.717, 1.165) is 34.5 Å². The fourth-order valence-corrected chi connectivity index (χ4v) is 6.69. The maximum atomic E-state index is 14.0. The van der Waals surface area contributed by atoms with Gasteiger partial charge in [-0.1, -0.05) is 76.2 Å². The van der Waals surface area contributed by atoms with Crippen molar-refractivity contribution in [2.75, 3.05) is 10.8 Å². The highest BCUT2D eigenvalue weighted by atomic mass is 79.9. The Bertz CT molecular complexity index is 1450. The van der Waals surface area contributed by atoms with Crippen LogP contribution in [0.15, 0.2) is 82.2 Å². The molecule has 7 nitrogen and oxygen atoms in total. The lowest BCUT2D eigenvalue weighted by atomic mass is 10.1. The first kappa shape index (κ1) is 30.4. The van der Waals surface area contributed by atoms with E-state index in [4.69, 9.17) is 23.2 Å². The summed E-state index contributed by atoms with van der Waals surface area (Å²) < 4.78 is 29.4. The van der Waals surface area contributed by atoms with Crippen LogP contribution in [0.1, 0.15) is 38.2 Å². The van der Waals surface area contributed by atoms with Gasteiger partial charge in [0.25, 0.3) is 10.0 Å². The topological polar surface area (TPSA) is 86.8 Å². The van der Waals surface area contributed by atoms with E-state index in [1.807, 2.05) is 0 Å². The summed E-state index contributed by atoms with van der Waals surface area (Å²) in [5.41, 5.74) is 0.974. The number of sulfonamides is 1. The number of nitrogens with zero attached hydrogens (tertiary/aromatic N) is 2. The van der Waals surface area contributed by atoms with E-state index < -0.39 is 28.5 Å². The number of hydrogen-bond acceptors (Lipinski definition) is 4. The van der Waals surface area contributed by atoms with Gasteiger partial charge in [-0.3, -0.25) is 13.9 Å². The smallest absolute Gasteiger partial charge is 0.264 e. The summed E-state index contributed by atoms with van der Waals surface area (Å²) >= 11 is 15.7. The average Bonchev–Trinajstić information content (AvgIpc) is 3.46. The molecule has 3 aromatic carbocycles. The Morgan fingerprint density at radius 3 is 2.25 bits per heavy atom. The fraction of sp³-hybridized carbons (Fsp3) is 0.310. The molecule has 11 heteroatoms. The van der Waals surface area contributed by atoms with Crippen LogP contribution in [-0.4, -0.2) is 43.8 Å². The molecular formula is C29H30BrCl2N3O4S. The van der Waals surface area contributed by atoms with Crippen LogP contribution in [0.4, 0.5) is 5.69 Å². The second-order valence-corrected chi connectivity index (χ2v) is 13.3. The number of anilines is 1. The van der Waals surface area contributed by atoms with Gasteiger partial charge in [0.05, 0.1) is 20.6 Å². The Hall–Kier alpha value is -2.59. The van der Waals surface area contributed by atoms with Crippen LogP contribution in [0.25, 0.3) is 0 Å². The van der Waals surface area contributed by atoms with Gasteiger partial charge in [0.1, 0.15) is 12.6 Å². The van der Waals surface area contributed by atoms with Crippen LogP contribution in [0, 0.1) is 0 Å². The predicted molar refractivity (Wildman–Crippen MR) is 162 cm³/mol. The van der Waals surface area contributed by atoms with E-state index in [2.05, 4.69) is 21.2 Å². The molecule has 1 atom stereocenters. The first-order valence-corrected chi connectivity index (χ1v) is 15.9. The summed E-state index contributed by atoms with van der Waals surface area (Å²) in [6.45, 7) is 1.17. The molecule has 4 rings (SSSR count). The number of carbonyl (C=O) groups is 2. The molecule has 2 amide bonds. The Balaban J connectivity index is 1.68. The molecule has 40 heavy (non-hydrogen) atoms. The lowest BCUT2D eigenvalue weighted by Gasteiger charge is -2.32. The van der Waals surface area contributed by atoms with Gasteiger partial charge >= 0.3 is 0 Å². The molecule has 1 saturated carbocycles. The van der Waals surface area contributed by atoms with Crippen molar-refractivity contribution in [2.24, 2.45) is 0 Å². The third-order valence-electron chi connectivity index (χ3n) is 6.93. The van der Waals surface area contributed by atoms with Gasteiger partial charge < -0.3 is 10.2 Å². The molecule has 1 fully saturated rings. The van der Waals surface area contributed by atoms with Crippen molar-refractivity contribution in [3.63, 3.8) is 0 Å². The molecule has 0 unspecified atom stereocenters. The zero-order valence-electron chi connectivity index (χ0n) is 21.9. The van der Waals surface area contributed by atoms with Crippen molar-refractivity contribution in [2.45, 2.75) is 56.1 Å². The number of amides is 2. The third kappa shape index (κ3) is 7.37. The van der Waals surface area contributed by atoms with Crippen LogP contribution < -0.4 is 9.62 Å². The summed E-state index contributed by atoms with van der Waals surface area (Å²) in [6, 6.07) is 18.8. The SMILES string of the molecule is C[C@@H](C(=O)NC1CCCC1)N(Cc1ccc(Cl)c(Cl)c1)C(=O)CN(c1ccc(Br)cc1)S(=O)(=O)c1ccccc1. The van der Waals surface area contributed by atoms with Crippen LogP contribution >= 0.6 is 39.1 Å². The van der Waals surface area contributed by atoms with Crippen molar-refractivity contribution >= 4 is 66.7 Å². The molecule has 0 aliphatic heterocycles. The summed E-state index contributed by atoms with van der Waals surface area (Å²) in [6.07, 6.45) is 3.88. The maximum absolute atomic E-state index is 14.0. The van der Waals surface area contributed by atoms with Crippen molar-refractivity contribution in [1.29, 1.82) is 0 Å². The van der Waals surface area contributed by atoms with E-state index in [-0.39, 0.29) is 23.4 Å². The average molecular weight is 667 g/mol. The molecule has 0 saturated heterocycles. The van der Waals surface area contributed by atoms with E-state index in [0.29, 0.717) is 21.3 Å². The zero-order valence-corrected chi connectivity index (χ0v) is 25.8. The molecule has 1 N–H and O–H groups in total. The molecule has 1 aliphatic rings. The fourth-order valence-electron chi connectivity index (χ4n) is 4.67. The van der Waals surface area contributed by atoms with Crippen molar-refractivity contribution < 1.29 is 18.0 Å². The molecule has 0 aromatic heterocycles. The molecular weight excluding hydrogens is 637 g/mol. The van der Waals surface area contributed by atoms with E-state index in [9.17, 15) is 18.0 Å². The van der Waals surface area contributed by atoms with Crippen LogP contribution in [0.5, 0.6) is 0 Å². The van der Waals surface area contributed by atoms with Crippen molar-refractivity contribution in [3.05, 3.63) is 92.9 Å². The van der Waals surface area contributed by atoms with Crippen LogP contribution in [-0.2, 0) is 26.2 Å². The Kier molecular flexibility index (Phi) is 10.2. The predicted octanol–water partition coefficient (Wildman–Crippen LogP) is 6.43. The van der Waals surface area contributed by atoms with Gasteiger partial charge in [-0.05, 0) is 73.9 Å². The minimum Gasteiger partial charge on any atom is -0.352 e. The molecule has 0 heterocycles. The van der Waals surface area contributed by atoms with Gasteiger partial charge in [0.15, 0.2) is 0 Å². The highest BCUT2D eigenvalue weighted by Gasteiger charge is 2.33. The first-order valence-electron chi connectivity index (χ1n) is 12.9. The zero-order chi connectivity index (χ0) is 28.9. The summed E-state index contributed by atoms with van der Waals surface area (Å²) in [7, 11) is -4.11. The Morgan fingerprint density at radius 2 is 1.62 bits per heavy atom. The molecule has 3 aromatic rings. The molecule has 212 valence electrons. The summed E-state index contributed by atoms with van der Waals surface area (Å²) in [5.74, 6) is -0.830. The van der Waals surface area contributed by atoms with Crippen molar-refractivity contribution in [3.8, 4) is 0 Å². The number of benzene rings is 3. The van der Waals surface area contributed by atoms with Gasteiger partial charge in [0, 0.05) is 17.1 Å². The number of halogens is 3. The van der Waals surface area contributed by atoms with Gasteiger partial charge in [-0.25, -0.2) is 8.42 Å². The maximum Gasteiger partial charge on any atom is 0.264 e. The van der Waals surface area contributed by atoms with Crippen LogP contribution in [0.2, 0.25) is 10.0 Å². The second-order valence-electron chi connectivity index (χ2n) is 9.74. The lowest BCUT2D eigenvalue weighted by molar-refractivity contribution is -0.139. The quantitative estimate of drug-likeness (QED) is 0.270. The Labute approximate surface area is 253 Å². The van der Waals surface area contributed by atoms with Gasteiger partial charge in [-0.2, -0.15) is 0 Å². The van der Waals surface area contributed by atoms with Gasteiger partial charge in [0.2, 0.25) is 11.8 Å². The molecule has 0 bridgehead atoms. The second kappa shape index (κ2) is 13.4. The third-order valence-corrected chi connectivity index (χ3v) is 9.99. The summed E-state index contributed by atoms with van der Waals surface area (Å²) in [5, 5.41) is 3.73. The molecule has 0 spiro atoms. The minimum atomic E-state index is -4.11. The van der Waals surface area contributed by atoms with Gasteiger partial charge in [-0.15, -0.1) is 0 Å². The number of nitrogens with one attached hydrogen (secondary N) is 1. The van der Waals surface area contributed by atoms with E-state index in [1.165, 1.54) is 17.0 Å². The molecule has 1 aliphatic carbocycles. The largest absolute Gasteiger partial charge is 0.352 e. The highest BCUT2D eigenvalue weighted by molar-refractivity contribution is 9.10. The standard InChI is InChI=1S/C29H30BrCl2N3O4S/c1-20(29(37)33-23-7-5-6-8-23)34(18-21-11-16-26(31)27(32)17-21)28(36)19-35(24-14-12-22(30)13-15-24)40(38,39)25-9-3-2-4-10-25/h2-4,9-17,20,23H,5-8,18-19H2,1H3,(H,33,37)/t20-/m0/s1. The van der Waals surface area contributed by atoms with E-state index >= 15 is 0 Å². The monoisotopic (exact) mass is 665 g/mol. The normalized spacial score (nSPS) is 14.5.